The molecule has 3 heterocycles. The number of hydrogen-bond acceptors (Lipinski definition) is 5. The van der Waals surface area contributed by atoms with Crippen LogP contribution in [0.3, 0.4) is 0 Å². The summed E-state index contributed by atoms with van der Waals surface area (Å²) >= 11 is 0. The molecule has 5 rings (SSSR count). The Kier molecular flexibility index (Phi) is 5.68. The third kappa shape index (κ3) is 3.90. The average molecular weight is 435 g/mol. The van der Waals surface area contributed by atoms with Gasteiger partial charge in [0.2, 0.25) is 5.69 Å². The van der Waals surface area contributed by atoms with Crippen molar-refractivity contribution in [2.75, 3.05) is 39.3 Å². The number of hydrogen-bond donors (Lipinski definition) is 1. The number of fused-ring (bicyclic) bond motifs is 2. The number of rotatable bonds is 4. The number of ether oxygens (including phenoxy) is 1. The summed E-state index contributed by atoms with van der Waals surface area (Å²) in [4.78, 5) is 20.0. The molecule has 3 aliphatic rings. The van der Waals surface area contributed by atoms with Crippen LogP contribution in [0, 0.1) is 19.3 Å². The Labute approximate surface area is 187 Å². The van der Waals surface area contributed by atoms with E-state index in [2.05, 4.69) is 26.0 Å². The van der Waals surface area contributed by atoms with Crippen LogP contribution in [0.25, 0.3) is 4.85 Å². The summed E-state index contributed by atoms with van der Waals surface area (Å²) in [5.74, 6) is -0.655. The SMILES string of the molecule is [C-]#[N+]c1c(F)ccc([C@H]2CN3CCN(CCc4ccc5c(c4)COC5=O)C[C@@H]3CN2)c1C. The molecule has 32 heavy (non-hydrogen) atoms. The lowest BCUT2D eigenvalue weighted by molar-refractivity contribution is 0.0426. The molecule has 0 unspecified atom stereocenters. The van der Waals surface area contributed by atoms with Crippen molar-refractivity contribution in [2.24, 2.45) is 0 Å². The second-order valence-corrected chi connectivity index (χ2v) is 8.95. The zero-order chi connectivity index (χ0) is 22.2. The van der Waals surface area contributed by atoms with Gasteiger partial charge in [0.05, 0.1) is 12.1 Å². The Balaban J connectivity index is 1.18. The topological polar surface area (TPSA) is 49.2 Å². The van der Waals surface area contributed by atoms with E-state index >= 15 is 0 Å². The highest BCUT2D eigenvalue weighted by Gasteiger charge is 2.33. The third-order valence-corrected chi connectivity index (χ3v) is 7.08. The van der Waals surface area contributed by atoms with E-state index in [9.17, 15) is 9.18 Å². The van der Waals surface area contributed by atoms with E-state index < -0.39 is 5.82 Å². The first kappa shape index (κ1) is 21.1. The van der Waals surface area contributed by atoms with Crippen LogP contribution in [0.5, 0.6) is 0 Å². The molecule has 2 fully saturated rings. The molecule has 3 aliphatic heterocycles. The van der Waals surface area contributed by atoms with E-state index in [0.717, 1.165) is 62.4 Å². The summed E-state index contributed by atoms with van der Waals surface area (Å²) in [6.45, 7) is 15.3. The molecule has 0 spiro atoms. The Morgan fingerprint density at radius 3 is 2.97 bits per heavy atom. The molecule has 7 heteroatoms. The molecule has 0 saturated carbocycles. The van der Waals surface area contributed by atoms with Gasteiger partial charge in [-0.15, -0.1) is 0 Å². The quantitative estimate of drug-likeness (QED) is 0.592. The zero-order valence-corrected chi connectivity index (χ0v) is 18.2. The first-order valence-corrected chi connectivity index (χ1v) is 11.2. The molecule has 0 aromatic heterocycles. The van der Waals surface area contributed by atoms with E-state index in [4.69, 9.17) is 11.3 Å². The van der Waals surface area contributed by atoms with Crippen molar-refractivity contribution < 1.29 is 13.9 Å². The maximum atomic E-state index is 13.9. The van der Waals surface area contributed by atoms with Gasteiger partial charge in [0, 0.05) is 56.9 Å². The zero-order valence-electron chi connectivity index (χ0n) is 18.2. The highest BCUT2D eigenvalue weighted by molar-refractivity contribution is 5.93. The van der Waals surface area contributed by atoms with Crippen molar-refractivity contribution in [3.8, 4) is 0 Å². The summed E-state index contributed by atoms with van der Waals surface area (Å²) < 4.78 is 19.0. The molecule has 1 N–H and O–H groups in total. The van der Waals surface area contributed by atoms with E-state index in [1.165, 1.54) is 11.6 Å². The number of nitrogens with zero attached hydrogens (tertiary/aromatic N) is 3. The van der Waals surface area contributed by atoms with Crippen LogP contribution >= 0.6 is 0 Å². The van der Waals surface area contributed by atoms with Crippen LogP contribution in [0.2, 0.25) is 0 Å². The first-order chi connectivity index (χ1) is 15.5. The minimum atomic E-state index is -0.439. The minimum absolute atomic E-state index is 0.121. The summed E-state index contributed by atoms with van der Waals surface area (Å²) in [7, 11) is 0. The molecule has 2 aromatic carbocycles. The number of halogens is 1. The van der Waals surface area contributed by atoms with Crippen LogP contribution < -0.4 is 5.32 Å². The molecule has 6 nitrogen and oxygen atoms in total. The van der Waals surface area contributed by atoms with Gasteiger partial charge in [-0.05, 0) is 42.2 Å². The third-order valence-electron chi connectivity index (χ3n) is 7.08. The predicted molar refractivity (Wildman–Crippen MR) is 119 cm³/mol. The Morgan fingerprint density at radius 1 is 1.25 bits per heavy atom. The van der Waals surface area contributed by atoms with Crippen LogP contribution in [0.4, 0.5) is 10.1 Å². The number of nitrogens with one attached hydrogen (secondary N) is 1. The maximum Gasteiger partial charge on any atom is 0.338 e. The monoisotopic (exact) mass is 434 g/mol. The number of benzene rings is 2. The molecule has 0 aliphatic carbocycles. The molecule has 166 valence electrons. The van der Waals surface area contributed by atoms with Gasteiger partial charge in [0.15, 0.2) is 0 Å². The fourth-order valence-corrected chi connectivity index (χ4v) is 5.21. The average Bonchev–Trinajstić information content (AvgIpc) is 3.18. The van der Waals surface area contributed by atoms with Crippen LogP contribution in [-0.4, -0.2) is 61.1 Å². The number of carbonyl (C=O) groups is 1. The van der Waals surface area contributed by atoms with Gasteiger partial charge >= 0.3 is 5.97 Å². The van der Waals surface area contributed by atoms with Gasteiger partial charge in [-0.2, -0.15) is 0 Å². The normalized spacial score (nSPS) is 23.3. The lowest BCUT2D eigenvalue weighted by Gasteiger charge is -2.47. The number of carbonyl (C=O) groups excluding carboxylic acids is 1. The van der Waals surface area contributed by atoms with Crippen molar-refractivity contribution in [1.82, 2.24) is 15.1 Å². The fourth-order valence-electron chi connectivity index (χ4n) is 5.21. The van der Waals surface area contributed by atoms with Crippen molar-refractivity contribution in [3.63, 3.8) is 0 Å². The highest BCUT2D eigenvalue weighted by Crippen LogP contribution is 2.32. The summed E-state index contributed by atoms with van der Waals surface area (Å²) in [6.07, 6.45) is 0.957. The van der Waals surface area contributed by atoms with Crippen molar-refractivity contribution in [2.45, 2.75) is 32.0 Å². The number of esters is 1. The Bertz CT molecular complexity index is 1100. The van der Waals surface area contributed by atoms with Gasteiger partial charge in [-0.25, -0.2) is 14.0 Å². The smallest absolute Gasteiger partial charge is 0.338 e. The Morgan fingerprint density at radius 2 is 2.12 bits per heavy atom. The molecule has 2 saturated heterocycles. The molecule has 0 amide bonds. The molecular weight excluding hydrogens is 407 g/mol. The summed E-state index contributed by atoms with van der Waals surface area (Å²) in [6, 6.07) is 9.84. The fraction of sp³-hybridized carbons (Fsp3) is 0.440. The molecular formula is C25H27FN4O2. The van der Waals surface area contributed by atoms with Crippen LogP contribution in [0.15, 0.2) is 30.3 Å². The van der Waals surface area contributed by atoms with E-state index in [1.54, 1.807) is 0 Å². The lowest BCUT2D eigenvalue weighted by atomic mass is 9.95. The summed E-state index contributed by atoms with van der Waals surface area (Å²) in [5.41, 5.74) is 4.85. The van der Waals surface area contributed by atoms with E-state index in [1.807, 2.05) is 25.1 Å². The Hall–Kier alpha value is -2.79. The van der Waals surface area contributed by atoms with Gasteiger partial charge in [-0.1, -0.05) is 18.2 Å². The van der Waals surface area contributed by atoms with Gasteiger partial charge in [0.25, 0.3) is 0 Å². The molecule has 2 aromatic rings. The number of cyclic esters (lactones) is 1. The highest BCUT2D eigenvalue weighted by atomic mass is 19.1. The van der Waals surface area contributed by atoms with E-state index in [-0.39, 0.29) is 17.7 Å². The second-order valence-electron chi connectivity index (χ2n) is 8.95. The van der Waals surface area contributed by atoms with Crippen molar-refractivity contribution in [3.05, 3.63) is 75.4 Å². The maximum absolute atomic E-state index is 13.9. The lowest BCUT2D eigenvalue weighted by Crippen LogP contribution is -2.61. The molecule has 2 atom stereocenters. The van der Waals surface area contributed by atoms with Crippen molar-refractivity contribution >= 4 is 11.7 Å². The van der Waals surface area contributed by atoms with Crippen molar-refractivity contribution in [1.29, 1.82) is 0 Å². The van der Waals surface area contributed by atoms with Gasteiger partial charge in [0.1, 0.15) is 12.4 Å². The predicted octanol–water partition coefficient (Wildman–Crippen LogP) is 3.23. The minimum Gasteiger partial charge on any atom is -0.457 e. The summed E-state index contributed by atoms with van der Waals surface area (Å²) in [5, 5.41) is 3.63. The van der Waals surface area contributed by atoms with Crippen LogP contribution in [-0.2, 0) is 17.8 Å². The number of piperazine rings is 2. The largest absolute Gasteiger partial charge is 0.457 e. The molecule has 0 radical (unpaired) electrons. The van der Waals surface area contributed by atoms with Crippen LogP contribution in [0.1, 0.15) is 38.7 Å². The molecule has 0 bridgehead atoms. The standard InChI is InChI=1S/C25H27FN4O2/c1-16-20(5-6-22(26)24(16)27-2)23-14-30-10-9-29(13-19(30)12-28-23)8-7-17-3-4-21-18(11-17)15-32-25(21)31/h3-6,11,19,23,28H,7-10,12-15H2,1H3/t19-,23+/m0/s1. The first-order valence-electron chi connectivity index (χ1n) is 11.2. The second kappa shape index (κ2) is 8.62. The van der Waals surface area contributed by atoms with Gasteiger partial charge < -0.3 is 15.0 Å². The van der Waals surface area contributed by atoms with E-state index in [0.29, 0.717) is 18.2 Å². The van der Waals surface area contributed by atoms with Gasteiger partial charge in [-0.3, -0.25) is 4.90 Å².